The number of hydrogen-bond donors (Lipinski definition) is 1. The summed E-state index contributed by atoms with van der Waals surface area (Å²) in [7, 11) is 0. The van der Waals surface area contributed by atoms with Crippen molar-refractivity contribution in [3.05, 3.63) is 29.5 Å². The van der Waals surface area contributed by atoms with Gasteiger partial charge in [0.2, 0.25) is 0 Å². The van der Waals surface area contributed by atoms with Gasteiger partial charge in [-0.3, -0.25) is 0 Å². The summed E-state index contributed by atoms with van der Waals surface area (Å²) in [5, 5.41) is 13.3. The smallest absolute Gasteiger partial charge is 0.335 e. The fourth-order valence-corrected chi connectivity index (χ4v) is 1.20. The average molecular weight is 177 g/mol. The quantitative estimate of drug-likeness (QED) is 0.721. The third-order valence-electron chi connectivity index (χ3n) is 1.90. The van der Waals surface area contributed by atoms with Crippen molar-refractivity contribution in [2.24, 2.45) is 0 Å². The maximum Gasteiger partial charge on any atom is 0.335 e. The van der Waals surface area contributed by atoms with Gasteiger partial charge >= 0.3 is 5.97 Å². The molecule has 66 valence electrons. The van der Waals surface area contributed by atoms with E-state index in [4.69, 9.17) is 9.63 Å². The van der Waals surface area contributed by atoms with Gasteiger partial charge in [-0.2, -0.15) is 0 Å². The van der Waals surface area contributed by atoms with Crippen molar-refractivity contribution in [3.8, 4) is 0 Å². The van der Waals surface area contributed by atoms with Gasteiger partial charge in [-0.05, 0) is 25.1 Å². The Bertz CT molecular complexity index is 473. The van der Waals surface area contributed by atoms with Crippen LogP contribution < -0.4 is 0 Å². The second-order valence-electron chi connectivity index (χ2n) is 2.78. The van der Waals surface area contributed by atoms with Gasteiger partial charge in [-0.25, -0.2) is 4.79 Å². The molecular weight excluding hydrogens is 170 g/mol. The zero-order chi connectivity index (χ0) is 9.42. The van der Waals surface area contributed by atoms with Crippen LogP contribution in [-0.2, 0) is 0 Å². The lowest BCUT2D eigenvalue weighted by atomic mass is 10.1. The van der Waals surface area contributed by atoms with Crippen molar-refractivity contribution >= 4 is 16.9 Å². The number of carbonyl (C=O) groups is 1. The molecule has 0 aliphatic carbocycles. The molecule has 0 unspecified atom stereocenters. The monoisotopic (exact) mass is 177 g/mol. The third-order valence-corrected chi connectivity index (χ3v) is 1.90. The molecule has 2 rings (SSSR count). The molecule has 1 heterocycles. The molecular formula is C9H7NO3. The van der Waals surface area contributed by atoms with E-state index in [2.05, 4.69) is 5.16 Å². The van der Waals surface area contributed by atoms with Crippen molar-refractivity contribution in [2.45, 2.75) is 6.92 Å². The molecule has 1 aromatic heterocycles. The summed E-state index contributed by atoms with van der Waals surface area (Å²) in [6.07, 6.45) is 0. The van der Waals surface area contributed by atoms with Crippen LogP contribution >= 0.6 is 0 Å². The van der Waals surface area contributed by atoms with Crippen LogP contribution in [0.25, 0.3) is 10.9 Å². The predicted molar refractivity (Wildman–Crippen MR) is 45.7 cm³/mol. The largest absolute Gasteiger partial charge is 0.478 e. The van der Waals surface area contributed by atoms with E-state index in [0.29, 0.717) is 11.3 Å². The summed E-state index contributed by atoms with van der Waals surface area (Å²) in [5.41, 5.74) is 0.804. The highest BCUT2D eigenvalue weighted by Crippen LogP contribution is 2.18. The Morgan fingerprint density at radius 1 is 1.54 bits per heavy atom. The summed E-state index contributed by atoms with van der Waals surface area (Å²) in [5.74, 6) is -0.255. The molecule has 0 aliphatic rings. The number of aryl methyl sites for hydroxylation is 1. The molecule has 1 aromatic carbocycles. The lowest BCUT2D eigenvalue weighted by Gasteiger charge is -1.91. The third kappa shape index (κ3) is 1.16. The number of aromatic carboxylic acids is 1. The summed E-state index contributed by atoms with van der Waals surface area (Å²) in [6, 6.07) is 4.73. The van der Waals surface area contributed by atoms with Crippen molar-refractivity contribution in [2.75, 3.05) is 0 Å². The number of carboxylic acid groups (broad SMARTS) is 1. The van der Waals surface area contributed by atoms with Gasteiger partial charge in [-0.1, -0.05) is 5.16 Å². The number of rotatable bonds is 1. The SMILES string of the molecule is Cc1onc2cc(C(=O)O)ccc12. The topological polar surface area (TPSA) is 63.3 Å². The van der Waals surface area contributed by atoms with Gasteiger partial charge in [0.15, 0.2) is 0 Å². The minimum Gasteiger partial charge on any atom is -0.478 e. The van der Waals surface area contributed by atoms with Crippen LogP contribution in [0.5, 0.6) is 0 Å². The highest BCUT2D eigenvalue weighted by molar-refractivity contribution is 5.93. The van der Waals surface area contributed by atoms with E-state index >= 15 is 0 Å². The molecule has 0 atom stereocenters. The Hall–Kier alpha value is -1.84. The minimum atomic E-state index is -0.956. The molecule has 0 spiro atoms. The Morgan fingerprint density at radius 2 is 2.31 bits per heavy atom. The molecule has 13 heavy (non-hydrogen) atoms. The van der Waals surface area contributed by atoms with E-state index in [1.54, 1.807) is 13.0 Å². The van der Waals surface area contributed by atoms with Crippen LogP contribution in [0.2, 0.25) is 0 Å². The standard InChI is InChI=1S/C9H7NO3/c1-5-7-3-2-6(9(11)12)4-8(7)10-13-5/h2-4H,1H3,(H,11,12). The van der Waals surface area contributed by atoms with Crippen LogP contribution in [-0.4, -0.2) is 16.2 Å². The van der Waals surface area contributed by atoms with Crippen LogP contribution in [0.15, 0.2) is 22.7 Å². The molecule has 4 nitrogen and oxygen atoms in total. The lowest BCUT2D eigenvalue weighted by Crippen LogP contribution is -1.94. The Labute approximate surface area is 73.8 Å². The summed E-state index contributed by atoms with van der Waals surface area (Å²) in [4.78, 5) is 10.6. The van der Waals surface area contributed by atoms with E-state index in [-0.39, 0.29) is 5.56 Å². The number of aromatic nitrogens is 1. The van der Waals surface area contributed by atoms with Crippen molar-refractivity contribution in [3.63, 3.8) is 0 Å². The van der Waals surface area contributed by atoms with Crippen LogP contribution in [0.1, 0.15) is 16.1 Å². The number of benzene rings is 1. The van der Waals surface area contributed by atoms with E-state index in [9.17, 15) is 4.79 Å². The van der Waals surface area contributed by atoms with E-state index < -0.39 is 5.97 Å². The van der Waals surface area contributed by atoms with Crippen molar-refractivity contribution in [1.82, 2.24) is 5.16 Å². The summed E-state index contributed by atoms with van der Waals surface area (Å²) < 4.78 is 4.91. The predicted octanol–water partition coefficient (Wildman–Crippen LogP) is 1.83. The van der Waals surface area contributed by atoms with Gasteiger partial charge in [0.1, 0.15) is 11.3 Å². The molecule has 0 bridgehead atoms. The maximum absolute atomic E-state index is 10.6. The normalized spacial score (nSPS) is 10.5. The summed E-state index contributed by atoms with van der Waals surface area (Å²) in [6.45, 7) is 1.79. The zero-order valence-electron chi connectivity index (χ0n) is 6.94. The van der Waals surface area contributed by atoms with Crippen molar-refractivity contribution in [1.29, 1.82) is 0 Å². The first kappa shape index (κ1) is 7.79. The number of hydrogen-bond acceptors (Lipinski definition) is 3. The Kier molecular flexibility index (Phi) is 1.55. The van der Waals surface area contributed by atoms with Gasteiger partial charge in [0.25, 0.3) is 0 Å². The van der Waals surface area contributed by atoms with E-state index in [0.717, 1.165) is 5.39 Å². The fourth-order valence-electron chi connectivity index (χ4n) is 1.20. The number of fused-ring (bicyclic) bond motifs is 1. The second-order valence-corrected chi connectivity index (χ2v) is 2.78. The van der Waals surface area contributed by atoms with Crippen LogP contribution in [0.4, 0.5) is 0 Å². The van der Waals surface area contributed by atoms with Gasteiger partial charge < -0.3 is 9.63 Å². The molecule has 0 saturated carbocycles. The first-order valence-electron chi connectivity index (χ1n) is 3.78. The van der Waals surface area contributed by atoms with Gasteiger partial charge in [-0.15, -0.1) is 0 Å². The molecule has 2 aromatic rings. The van der Waals surface area contributed by atoms with E-state index in [1.165, 1.54) is 12.1 Å². The molecule has 4 heteroatoms. The number of nitrogens with zero attached hydrogens (tertiary/aromatic N) is 1. The molecule has 0 aliphatic heterocycles. The number of carboxylic acids is 1. The molecule has 1 N–H and O–H groups in total. The first-order valence-corrected chi connectivity index (χ1v) is 3.78. The molecule has 0 saturated heterocycles. The van der Waals surface area contributed by atoms with Gasteiger partial charge in [0.05, 0.1) is 5.56 Å². The highest BCUT2D eigenvalue weighted by atomic mass is 16.5. The van der Waals surface area contributed by atoms with E-state index in [1.807, 2.05) is 0 Å². The Morgan fingerprint density at radius 3 is 3.00 bits per heavy atom. The Balaban J connectivity index is 2.70. The minimum absolute atomic E-state index is 0.223. The fraction of sp³-hybridized carbons (Fsp3) is 0.111. The van der Waals surface area contributed by atoms with Crippen LogP contribution in [0.3, 0.4) is 0 Å². The zero-order valence-corrected chi connectivity index (χ0v) is 6.94. The second kappa shape index (κ2) is 2.58. The highest BCUT2D eigenvalue weighted by Gasteiger charge is 2.07. The first-order chi connectivity index (χ1) is 6.18. The molecule has 0 fully saturated rings. The van der Waals surface area contributed by atoms with Gasteiger partial charge in [0, 0.05) is 5.39 Å². The lowest BCUT2D eigenvalue weighted by molar-refractivity contribution is 0.0697. The van der Waals surface area contributed by atoms with Crippen LogP contribution in [0, 0.1) is 6.92 Å². The molecule has 0 radical (unpaired) electrons. The van der Waals surface area contributed by atoms with Crippen molar-refractivity contribution < 1.29 is 14.4 Å². The molecule has 0 amide bonds. The maximum atomic E-state index is 10.6. The average Bonchev–Trinajstić information content (AvgIpc) is 2.47. The summed E-state index contributed by atoms with van der Waals surface area (Å²) >= 11 is 0.